The summed E-state index contributed by atoms with van der Waals surface area (Å²) in [6, 6.07) is 0. The number of hydrogen-bond acceptors (Lipinski definition) is 6. The van der Waals surface area contributed by atoms with Crippen molar-refractivity contribution in [3.8, 4) is 11.5 Å². The number of nitrogen functional groups attached to an aromatic ring is 2. The predicted molar refractivity (Wildman–Crippen MR) is 106 cm³/mol. The average Bonchev–Trinajstić information content (AvgIpc) is 3.03. The van der Waals surface area contributed by atoms with Gasteiger partial charge in [-0.1, -0.05) is 58.3 Å². The predicted octanol–water partition coefficient (Wildman–Crippen LogP) is 3.99. The zero-order valence-corrected chi connectivity index (χ0v) is 16.2. The van der Waals surface area contributed by atoms with Crippen LogP contribution in [0.5, 0.6) is 0 Å². The summed E-state index contributed by atoms with van der Waals surface area (Å²) in [6.45, 7) is 5.24. The highest BCUT2D eigenvalue weighted by molar-refractivity contribution is 5.51. The Bertz CT molecular complexity index is 646. The molecule has 0 bridgehead atoms. The summed E-state index contributed by atoms with van der Waals surface area (Å²) in [4.78, 5) is 16.8. The van der Waals surface area contributed by atoms with Crippen LogP contribution >= 0.6 is 0 Å². The van der Waals surface area contributed by atoms with E-state index in [-0.39, 0.29) is 11.9 Å². The number of nitrogens with two attached hydrogens (primary N) is 2. The molecule has 26 heavy (non-hydrogen) atoms. The van der Waals surface area contributed by atoms with E-state index in [1.54, 1.807) is 0 Å². The van der Waals surface area contributed by atoms with E-state index in [4.69, 9.17) is 16.5 Å². The number of imidazole rings is 1. The van der Waals surface area contributed by atoms with Crippen LogP contribution in [0.4, 0.5) is 11.9 Å². The van der Waals surface area contributed by atoms with Gasteiger partial charge in [0, 0.05) is 19.2 Å². The Hall–Kier alpha value is -2.18. The molecule has 2 aromatic rings. The van der Waals surface area contributed by atoms with Crippen LogP contribution in [0.2, 0.25) is 0 Å². The number of aromatic nitrogens is 5. The minimum absolute atomic E-state index is 0.124. The van der Waals surface area contributed by atoms with Gasteiger partial charge in [0.25, 0.3) is 0 Å². The molecule has 0 aliphatic heterocycles. The van der Waals surface area contributed by atoms with Crippen LogP contribution in [0, 0.1) is 0 Å². The molecule has 0 aromatic carbocycles. The number of anilines is 2. The highest BCUT2D eigenvalue weighted by Gasteiger charge is 2.12. The van der Waals surface area contributed by atoms with Crippen molar-refractivity contribution in [3.05, 3.63) is 12.0 Å². The maximum atomic E-state index is 5.66. The molecule has 0 fully saturated rings. The summed E-state index contributed by atoms with van der Waals surface area (Å²) < 4.78 is 2.15. The van der Waals surface area contributed by atoms with E-state index in [0.29, 0.717) is 11.5 Å². The lowest BCUT2D eigenvalue weighted by molar-refractivity contribution is 0.557. The molecule has 144 valence electrons. The Labute approximate surface area is 156 Å². The first-order chi connectivity index (χ1) is 12.6. The maximum absolute atomic E-state index is 5.66. The van der Waals surface area contributed by atoms with Crippen molar-refractivity contribution in [3.63, 3.8) is 0 Å². The van der Waals surface area contributed by atoms with E-state index in [1.165, 1.54) is 51.4 Å². The molecule has 7 nitrogen and oxygen atoms in total. The number of nitrogens with zero attached hydrogens (tertiary/aromatic N) is 5. The van der Waals surface area contributed by atoms with E-state index >= 15 is 0 Å². The molecule has 0 spiro atoms. The molecule has 0 saturated heterocycles. The second kappa shape index (κ2) is 10.7. The van der Waals surface area contributed by atoms with Gasteiger partial charge in [-0.05, 0) is 13.3 Å². The van der Waals surface area contributed by atoms with E-state index in [0.717, 1.165) is 25.2 Å². The standard InChI is InChI=1S/C19H33N7/c1-3-5-6-7-8-9-10-11-12-13-16-22-15(14-26(16)4-2)17-23-18(20)25-19(21)24-17/h14H,3-13H2,1-2H3,(H4,20,21,23,24,25). The lowest BCUT2D eigenvalue weighted by Gasteiger charge is -2.04. The molecule has 0 aliphatic rings. The topological polar surface area (TPSA) is 109 Å². The highest BCUT2D eigenvalue weighted by atomic mass is 15.2. The molecular formula is C19H33N7. The van der Waals surface area contributed by atoms with Crippen molar-refractivity contribution in [2.75, 3.05) is 11.5 Å². The Morgan fingerprint density at radius 1 is 0.769 bits per heavy atom. The SMILES string of the molecule is CCCCCCCCCCCc1nc(-c2nc(N)nc(N)n2)cn1CC. The summed E-state index contributed by atoms with van der Waals surface area (Å²) in [7, 11) is 0. The molecule has 0 unspecified atom stereocenters. The van der Waals surface area contributed by atoms with E-state index in [9.17, 15) is 0 Å². The summed E-state index contributed by atoms with van der Waals surface area (Å²) in [5.41, 5.74) is 12.0. The number of rotatable bonds is 12. The van der Waals surface area contributed by atoms with Crippen molar-refractivity contribution >= 4 is 11.9 Å². The van der Waals surface area contributed by atoms with Crippen LogP contribution in [-0.4, -0.2) is 24.5 Å². The quantitative estimate of drug-likeness (QED) is 0.555. The largest absolute Gasteiger partial charge is 0.368 e. The Balaban J connectivity index is 1.81. The second-order valence-electron chi connectivity index (χ2n) is 6.78. The van der Waals surface area contributed by atoms with Gasteiger partial charge in [-0.3, -0.25) is 0 Å². The van der Waals surface area contributed by atoms with Gasteiger partial charge in [0.15, 0.2) is 5.82 Å². The van der Waals surface area contributed by atoms with Crippen LogP contribution in [0.3, 0.4) is 0 Å². The van der Waals surface area contributed by atoms with Gasteiger partial charge in [0.1, 0.15) is 11.5 Å². The van der Waals surface area contributed by atoms with Crippen molar-refractivity contribution < 1.29 is 0 Å². The fourth-order valence-electron chi connectivity index (χ4n) is 3.15. The van der Waals surface area contributed by atoms with Crippen molar-refractivity contribution in [1.82, 2.24) is 24.5 Å². The third-order valence-corrected chi connectivity index (χ3v) is 4.60. The van der Waals surface area contributed by atoms with Crippen LogP contribution in [0.15, 0.2) is 6.20 Å². The van der Waals surface area contributed by atoms with Gasteiger partial charge in [-0.15, -0.1) is 0 Å². The maximum Gasteiger partial charge on any atom is 0.225 e. The second-order valence-corrected chi connectivity index (χ2v) is 6.78. The van der Waals surface area contributed by atoms with Crippen LogP contribution in [0.1, 0.15) is 77.5 Å². The molecular weight excluding hydrogens is 326 g/mol. The van der Waals surface area contributed by atoms with Crippen molar-refractivity contribution in [2.45, 2.75) is 84.6 Å². The summed E-state index contributed by atoms with van der Waals surface area (Å²) in [5.74, 6) is 1.76. The summed E-state index contributed by atoms with van der Waals surface area (Å²) >= 11 is 0. The van der Waals surface area contributed by atoms with Gasteiger partial charge < -0.3 is 16.0 Å². The lowest BCUT2D eigenvalue weighted by Crippen LogP contribution is -2.04. The zero-order valence-electron chi connectivity index (χ0n) is 16.2. The molecule has 0 amide bonds. The molecule has 2 aromatic heterocycles. The zero-order chi connectivity index (χ0) is 18.8. The third-order valence-electron chi connectivity index (χ3n) is 4.60. The molecule has 0 saturated carbocycles. The van der Waals surface area contributed by atoms with E-state index in [2.05, 4.69) is 33.4 Å². The Kier molecular flexibility index (Phi) is 8.31. The fraction of sp³-hybridized carbons (Fsp3) is 0.684. The number of unbranched alkanes of at least 4 members (excludes halogenated alkanes) is 8. The first-order valence-electron chi connectivity index (χ1n) is 9.97. The minimum atomic E-state index is 0.124. The highest BCUT2D eigenvalue weighted by Crippen LogP contribution is 2.18. The first-order valence-corrected chi connectivity index (χ1v) is 9.97. The smallest absolute Gasteiger partial charge is 0.225 e. The first kappa shape index (κ1) is 20.1. The van der Waals surface area contributed by atoms with Gasteiger partial charge in [-0.2, -0.15) is 15.0 Å². The fourth-order valence-corrected chi connectivity index (χ4v) is 3.15. The molecule has 2 heterocycles. The van der Waals surface area contributed by atoms with Gasteiger partial charge in [0.05, 0.1) is 0 Å². The average molecular weight is 360 g/mol. The van der Waals surface area contributed by atoms with Crippen LogP contribution in [-0.2, 0) is 13.0 Å². The normalized spacial score (nSPS) is 11.2. The van der Waals surface area contributed by atoms with E-state index < -0.39 is 0 Å². The molecule has 2 rings (SSSR count). The third kappa shape index (κ3) is 6.28. The molecule has 7 heteroatoms. The summed E-state index contributed by atoms with van der Waals surface area (Å²) in [6.07, 6.45) is 14.9. The van der Waals surface area contributed by atoms with Gasteiger partial charge >= 0.3 is 0 Å². The van der Waals surface area contributed by atoms with Crippen LogP contribution in [0.25, 0.3) is 11.5 Å². The Morgan fingerprint density at radius 2 is 1.35 bits per heavy atom. The monoisotopic (exact) mass is 359 g/mol. The Morgan fingerprint density at radius 3 is 1.92 bits per heavy atom. The summed E-state index contributed by atoms with van der Waals surface area (Å²) in [5, 5.41) is 0. The van der Waals surface area contributed by atoms with E-state index in [1.807, 2.05) is 6.20 Å². The lowest BCUT2D eigenvalue weighted by atomic mass is 10.1. The van der Waals surface area contributed by atoms with Gasteiger partial charge in [-0.25, -0.2) is 4.98 Å². The molecule has 0 radical (unpaired) electrons. The van der Waals surface area contributed by atoms with Crippen LogP contribution < -0.4 is 11.5 Å². The molecule has 0 aliphatic carbocycles. The number of aryl methyl sites for hydroxylation is 2. The minimum Gasteiger partial charge on any atom is -0.368 e. The molecule has 4 N–H and O–H groups in total. The number of hydrogen-bond donors (Lipinski definition) is 2. The van der Waals surface area contributed by atoms with Crippen molar-refractivity contribution in [1.29, 1.82) is 0 Å². The van der Waals surface area contributed by atoms with Gasteiger partial charge in [0.2, 0.25) is 11.9 Å². The van der Waals surface area contributed by atoms with Crippen molar-refractivity contribution in [2.24, 2.45) is 0 Å². The molecule has 0 atom stereocenters.